The molecule has 0 unspecified atom stereocenters. The Morgan fingerprint density at radius 2 is 2.05 bits per heavy atom. The molecule has 1 aliphatic rings. The van der Waals surface area contributed by atoms with E-state index >= 15 is 0 Å². The summed E-state index contributed by atoms with van der Waals surface area (Å²) in [5.41, 5.74) is 0.176. The van der Waals surface area contributed by atoms with E-state index in [0.29, 0.717) is 18.8 Å². The molecule has 0 spiro atoms. The molecule has 0 radical (unpaired) electrons. The van der Waals surface area contributed by atoms with E-state index in [4.69, 9.17) is 11.6 Å². The van der Waals surface area contributed by atoms with Gasteiger partial charge in [0.1, 0.15) is 11.5 Å². The molecule has 0 amide bonds. The van der Waals surface area contributed by atoms with Crippen LogP contribution in [-0.4, -0.2) is 30.6 Å². The molecule has 0 bridgehead atoms. The number of hydrogen-bond donors (Lipinski definition) is 1. The SMILES string of the molecule is CNC1(C)CCN(c2cc(F)c(Cl)cc2[N+](=O)[O-])CC1. The second-order valence-electron chi connectivity index (χ2n) is 5.31. The number of nitro groups is 1. The van der Waals surface area contributed by atoms with Crippen molar-refractivity contribution in [2.24, 2.45) is 0 Å². The Labute approximate surface area is 121 Å². The first-order chi connectivity index (χ1) is 9.36. The molecule has 110 valence electrons. The van der Waals surface area contributed by atoms with Gasteiger partial charge in [-0.25, -0.2) is 4.39 Å². The first kappa shape index (κ1) is 15.0. The molecule has 1 N–H and O–H groups in total. The molecule has 7 heteroatoms. The van der Waals surface area contributed by atoms with Gasteiger partial charge in [0.05, 0.1) is 9.95 Å². The van der Waals surface area contributed by atoms with Gasteiger partial charge in [0.2, 0.25) is 0 Å². The number of hydrogen-bond acceptors (Lipinski definition) is 4. The quantitative estimate of drug-likeness (QED) is 0.689. The highest BCUT2D eigenvalue weighted by Gasteiger charge is 2.31. The fourth-order valence-electron chi connectivity index (χ4n) is 2.42. The lowest BCUT2D eigenvalue weighted by molar-refractivity contribution is -0.384. The minimum Gasteiger partial charge on any atom is -0.366 e. The summed E-state index contributed by atoms with van der Waals surface area (Å²) in [5.74, 6) is -0.630. The smallest absolute Gasteiger partial charge is 0.294 e. The Hall–Kier alpha value is -1.40. The molecular weight excluding hydrogens is 285 g/mol. The molecule has 1 fully saturated rings. The van der Waals surface area contributed by atoms with Crippen LogP contribution in [0.3, 0.4) is 0 Å². The van der Waals surface area contributed by atoms with Crippen LogP contribution in [0.2, 0.25) is 5.02 Å². The van der Waals surface area contributed by atoms with Crippen molar-refractivity contribution in [1.82, 2.24) is 5.32 Å². The lowest BCUT2D eigenvalue weighted by atomic mass is 9.89. The molecule has 1 saturated heterocycles. The lowest BCUT2D eigenvalue weighted by Gasteiger charge is -2.40. The zero-order valence-electron chi connectivity index (χ0n) is 11.4. The third-order valence-electron chi connectivity index (χ3n) is 4.03. The predicted octanol–water partition coefficient (Wildman–Crippen LogP) is 2.97. The molecule has 2 rings (SSSR count). The van der Waals surface area contributed by atoms with Crippen LogP contribution in [0.4, 0.5) is 15.8 Å². The molecule has 1 aromatic carbocycles. The van der Waals surface area contributed by atoms with Crippen molar-refractivity contribution in [2.45, 2.75) is 25.3 Å². The van der Waals surface area contributed by atoms with Gasteiger partial charge >= 0.3 is 0 Å². The largest absolute Gasteiger partial charge is 0.366 e. The van der Waals surface area contributed by atoms with Crippen LogP contribution in [0, 0.1) is 15.9 Å². The summed E-state index contributed by atoms with van der Waals surface area (Å²) >= 11 is 5.63. The summed E-state index contributed by atoms with van der Waals surface area (Å²) in [5, 5.41) is 14.1. The van der Waals surface area contributed by atoms with Crippen molar-refractivity contribution < 1.29 is 9.31 Å². The van der Waals surface area contributed by atoms with E-state index < -0.39 is 10.7 Å². The molecule has 0 atom stereocenters. The van der Waals surface area contributed by atoms with Gasteiger partial charge in [0, 0.05) is 30.8 Å². The van der Waals surface area contributed by atoms with Crippen LogP contribution >= 0.6 is 11.6 Å². The van der Waals surface area contributed by atoms with Crippen LogP contribution in [0.5, 0.6) is 0 Å². The highest BCUT2D eigenvalue weighted by Crippen LogP contribution is 2.35. The Morgan fingerprint density at radius 3 is 2.55 bits per heavy atom. The van der Waals surface area contributed by atoms with Gasteiger partial charge in [0.25, 0.3) is 5.69 Å². The lowest BCUT2D eigenvalue weighted by Crippen LogP contribution is -2.50. The van der Waals surface area contributed by atoms with Crippen molar-refractivity contribution in [3.8, 4) is 0 Å². The van der Waals surface area contributed by atoms with E-state index in [2.05, 4.69) is 12.2 Å². The summed E-state index contributed by atoms with van der Waals surface area (Å²) in [6, 6.07) is 2.24. The Bertz CT molecular complexity index is 531. The highest BCUT2D eigenvalue weighted by molar-refractivity contribution is 6.31. The molecular formula is C13H17ClFN3O2. The van der Waals surface area contributed by atoms with Crippen molar-refractivity contribution in [1.29, 1.82) is 0 Å². The normalized spacial score (nSPS) is 18.1. The summed E-state index contributed by atoms with van der Waals surface area (Å²) < 4.78 is 13.6. The molecule has 0 aliphatic carbocycles. The average Bonchev–Trinajstić information content (AvgIpc) is 2.42. The third-order valence-corrected chi connectivity index (χ3v) is 4.32. The van der Waals surface area contributed by atoms with Crippen molar-refractivity contribution in [3.63, 3.8) is 0 Å². The Balaban J connectivity index is 2.30. The third kappa shape index (κ3) is 2.86. The molecule has 1 aromatic rings. The van der Waals surface area contributed by atoms with E-state index in [0.717, 1.165) is 25.0 Å². The Kier molecular flexibility index (Phi) is 4.15. The summed E-state index contributed by atoms with van der Waals surface area (Å²) in [6.07, 6.45) is 1.68. The zero-order valence-corrected chi connectivity index (χ0v) is 12.2. The summed E-state index contributed by atoms with van der Waals surface area (Å²) in [4.78, 5) is 12.4. The zero-order chi connectivity index (χ0) is 14.9. The number of nitro benzene ring substituents is 1. The van der Waals surface area contributed by atoms with Gasteiger partial charge in [-0.3, -0.25) is 10.1 Å². The first-order valence-corrected chi connectivity index (χ1v) is 6.81. The minimum atomic E-state index is -0.630. The van der Waals surface area contributed by atoms with E-state index in [-0.39, 0.29) is 16.2 Å². The van der Waals surface area contributed by atoms with Crippen LogP contribution in [-0.2, 0) is 0 Å². The molecule has 1 aliphatic heterocycles. The van der Waals surface area contributed by atoms with Gasteiger partial charge < -0.3 is 10.2 Å². The van der Waals surface area contributed by atoms with Crippen LogP contribution in [0.15, 0.2) is 12.1 Å². The second-order valence-corrected chi connectivity index (χ2v) is 5.72. The minimum absolute atomic E-state index is 0.0241. The molecule has 5 nitrogen and oxygen atoms in total. The van der Waals surface area contributed by atoms with Gasteiger partial charge in [-0.05, 0) is 26.8 Å². The molecule has 0 saturated carbocycles. The van der Waals surface area contributed by atoms with Crippen LogP contribution in [0.1, 0.15) is 19.8 Å². The number of anilines is 1. The number of rotatable bonds is 3. The fourth-order valence-corrected chi connectivity index (χ4v) is 2.57. The van der Waals surface area contributed by atoms with Crippen molar-refractivity contribution in [2.75, 3.05) is 25.0 Å². The molecule has 20 heavy (non-hydrogen) atoms. The number of nitrogens with zero attached hydrogens (tertiary/aromatic N) is 2. The van der Waals surface area contributed by atoms with Crippen molar-refractivity contribution in [3.05, 3.63) is 33.1 Å². The highest BCUT2D eigenvalue weighted by atomic mass is 35.5. The molecule has 0 aromatic heterocycles. The summed E-state index contributed by atoms with van der Waals surface area (Å²) in [7, 11) is 1.90. The first-order valence-electron chi connectivity index (χ1n) is 6.43. The van der Waals surface area contributed by atoms with E-state index in [1.807, 2.05) is 11.9 Å². The average molecular weight is 302 g/mol. The fraction of sp³-hybridized carbons (Fsp3) is 0.538. The van der Waals surface area contributed by atoms with E-state index in [1.54, 1.807) is 0 Å². The maximum Gasteiger partial charge on any atom is 0.294 e. The van der Waals surface area contributed by atoms with E-state index in [9.17, 15) is 14.5 Å². The summed E-state index contributed by atoms with van der Waals surface area (Å²) in [6.45, 7) is 3.39. The number of benzene rings is 1. The maximum atomic E-state index is 13.6. The van der Waals surface area contributed by atoms with Crippen LogP contribution < -0.4 is 10.2 Å². The van der Waals surface area contributed by atoms with Gasteiger partial charge in [-0.2, -0.15) is 0 Å². The van der Waals surface area contributed by atoms with Crippen LogP contribution in [0.25, 0.3) is 0 Å². The second kappa shape index (κ2) is 5.54. The van der Waals surface area contributed by atoms with Gasteiger partial charge in [-0.15, -0.1) is 0 Å². The van der Waals surface area contributed by atoms with Gasteiger partial charge in [-0.1, -0.05) is 11.6 Å². The number of halogens is 2. The van der Waals surface area contributed by atoms with Crippen molar-refractivity contribution >= 4 is 23.0 Å². The topological polar surface area (TPSA) is 58.4 Å². The van der Waals surface area contributed by atoms with Gasteiger partial charge in [0.15, 0.2) is 0 Å². The Morgan fingerprint density at radius 1 is 1.45 bits per heavy atom. The van der Waals surface area contributed by atoms with E-state index in [1.165, 1.54) is 0 Å². The predicted molar refractivity (Wildman–Crippen MR) is 77.0 cm³/mol. The standard InChI is InChI=1S/C13H17ClFN3O2/c1-13(16-2)3-5-17(6-4-13)11-8-10(15)9(14)7-12(11)18(19)20/h7-8,16H,3-6H2,1-2H3. The number of nitrogens with one attached hydrogen (secondary N) is 1. The number of piperidine rings is 1. The monoisotopic (exact) mass is 301 g/mol. The molecule has 1 heterocycles. The maximum absolute atomic E-state index is 13.6.